The summed E-state index contributed by atoms with van der Waals surface area (Å²) in [5.74, 6) is 2.43. The maximum Gasteiger partial charge on any atom is 0.232 e. The molecule has 5 rings (SSSR count). The Labute approximate surface area is 440 Å². The molecule has 0 saturated carbocycles. The minimum Gasteiger partial charge on any atom is -0.507 e. The van der Waals surface area contributed by atoms with Crippen LogP contribution >= 0.6 is 0 Å². The van der Waals surface area contributed by atoms with Gasteiger partial charge >= 0.3 is 0 Å². The highest BCUT2D eigenvalue weighted by molar-refractivity contribution is 5.56. The topological polar surface area (TPSA) is 147 Å². The second-order valence-corrected chi connectivity index (χ2v) is 29.0. The molecule has 0 saturated heterocycles. The van der Waals surface area contributed by atoms with E-state index in [0.29, 0.717) is 67.0 Å². The van der Waals surface area contributed by atoms with Crippen LogP contribution in [0.2, 0.25) is 0 Å². The SMILES string of the molecule is CC(C)(C)c1cc(CNc2nc(NCc3cc(C(C)(C)C)c(O)c(C(C)(C)C)c3)nc(N(Cc3cc(C(C)(C)C)c(O)c(C(C)(C)C)c3)Cc3cc(C(C)(C)C)c(O)c(C(C)(C)C)c3)n2)cc(C(C)(C)C)c1O. The molecular formula is C63H94N6O4. The van der Waals surface area contributed by atoms with Gasteiger partial charge in [-0.15, -0.1) is 0 Å². The van der Waals surface area contributed by atoms with Crippen molar-refractivity contribution in [2.24, 2.45) is 0 Å². The molecule has 0 unspecified atom stereocenters. The second kappa shape index (κ2) is 20.0. The highest BCUT2D eigenvalue weighted by Crippen LogP contribution is 2.44. The Morgan fingerprint density at radius 1 is 0.315 bits per heavy atom. The molecule has 4 aromatic carbocycles. The van der Waals surface area contributed by atoms with Crippen molar-refractivity contribution < 1.29 is 20.4 Å². The molecule has 0 amide bonds. The highest BCUT2D eigenvalue weighted by atomic mass is 16.3. The van der Waals surface area contributed by atoms with Gasteiger partial charge in [0, 0.05) is 26.2 Å². The van der Waals surface area contributed by atoms with Crippen LogP contribution in [0.1, 0.15) is 233 Å². The first-order valence-corrected chi connectivity index (χ1v) is 26.3. The van der Waals surface area contributed by atoms with E-state index in [4.69, 9.17) is 15.0 Å². The van der Waals surface area contributed by atoms with E-state index in [2.05, 4.69) is 230 Å². The maximum atomic E-state index is 11.9. The molecule has 0 spiro atoms. The van der Waals surface area contributed by atoms with Crippen LogP contribution in [0.15, 0.2) is 48.5 Å². The number of hydrogen-bond acceptors (Lipinski definition) is 10. The van der Waals surface area contributed by atoms with Crippen LogP contribution in [-0.2, 0) is 69.5 Å². The number of aromatic nitrogens is 3. The van der Waals surface area contributed by atoms with Gasteiger partial charge in [-0.05, 0) is 159 Å². The molecule has 0 aliphatic rings. The van der Waals surface area contributed by atoms with Gasteiger partial charge in [-0.2, -0.15) is 15.0 Å². The first-order chi connectivity index (χ1) is 32.9. The normalized spacial score (nSPS) is 13.4. The zero-order chi connectivity index (χ0) is 55.6. The van der Waals surface area contributed by atoms with Crippen molar-refractivity contribution >= 4 is 17.8 Å². The fourth-order valence-electron chi connectivity index (χ4n) is 9.40. The third-order valence-electron chi connectivity index (χ3n) is 13.7. The van der Waals surface area contributed by atoms with Crippen molar-refractivity contribution in [2.75, 3.05) is 15.5 Å². The number of benzene rings is 4. The first-order valence-electron chi connectivity index (χ1n) is 26.3. The zero-order valence-corrected chi connectivity index (χ0v) is 49.5. The zero-order valence-electron chi connectivity index (χ0n) is 49.5. The summed E-state index contributed by atoms with van der Waals surface area (Å²) >= 11 is 0. The van der Waals surface area contributed by atoms with Gasteiger partial charge in [0.1, 0.15) is 23.0 Å². The summed E-state index contributed by atoms with van der Waals surface area (Å²) < 4.78 is 0. The molecule has 5 aromatic rings. The van der Waals surface area contributed by atoms with Crippen molar-refractivity contribution in [3.63, 3.8) is 0 Å². The minimum atomic E-state index is -0.353. The minimum absolute atomic E-state index is 0.312. The van der Waals surface area contributed by atoms with Gasteiger partial charge in [-0.25, -0.2) is 0 Å². The van der Waals surface area contributed by atoms with Crippen molar-refractivity contribution in [3.8, 4) is 23.0 Å². The molecule has 6 N–H and O–H groups in total. The molecule has 0 fully saturated rings. The average Bonchev–Trinajstić information content (AvgIpc) is 3.20. The third kappa shape index (κ3) is 14.0. The Balaban J connectivity index is 1.80. The van der Waals surface area contributed by atoms with Crippen LogP contribution < -0.4 is 15.5 Å². The van der Waals surface area contributed by atoms with Crippen molar-refractivity contribution in [1.82, 2.24) is 15.0 Å². The third-order valence-corrected chi connectivity index (χ3v) is 13.7. The Kier molecular flexibility index (Phi) is 16.0. The summed E-state index contributed by atoms with van der Waals surface area (Å²) in [4.78, 5) is 17.7. The van der Waals surface area contributed by atoms with Gasteiger partial charge in [0.25, 0.3) is 0 Å². The summed E-state index contributed by atoms with van der Waals surface area (Å²) in [7, 11) is 0. The van der Waals surface area contributed by atoms with Crippen molar-refractivity contribution in [1.29, 1.82) is 0 Å². The predicted octanol–water partition coefficient (Wildman–Crippen LogP) is 15.5. The molecule has 1 aromatic heterocycles. The standard InChI is InChI=1S/C63H94N6O4/c1-56(2,3)41-25-37(26-42(49(41)70)57(4,5)6)33-64-53-66-54(65-34-38-27-43(58(7,8)9)50(71)44(28-38)59(10,11)12)68-55(67-53)69(35-39-29-45(60(13,14)15)51(72)46(30-39)61(16,17)18)36-40-31-47(62(19,20)21)52(73)48(32-40)63(22,23)24/h25-32,70-73H,33-36H2,1-24H3,(H2,64,65,66,67,68). The molecule has 73 heavy (non-hydrogen) atoms. The monoisotopic (exact) mass is 999 g/mol. The van der Waals surface area contributed by atoms with Gasteiger partial charge in [0.15, 0.2) is 0 Å². The predicted molar refractivity (Wildman–Crippen MR) is 306 cm³/mol. The van der Waals surface area contributed by atoms with Crippen molar-refractivity contribution in [2.45, 2.75) is 236 Å². The molecule has 400 valence electrons. The van der Waals surface area contributed by atoms with E-state index in [1.807, 2.05) is 0 Å². The smallest absolute Gasteiger partial charge is 0.232 e. The summed E-state index contributed by atoms with van der Waals surface area (Å²) in [6.45, 7) is 52.4. The van der Waals surface area contributed by atoms with E-state index in [-0.39, 0.29) is 43.3 Å². The Morgan fingerprint density at radius 3 is 0.699 bits per heavy atom. The highest BCUT2D eigenvalue weighted by Gasteiger charge is 2.32. The molecule has 1 heterocycles. The molecule has 10 heteroatoms. The van der Waals surface area contributed by atoms with E-state index in [0.717, 1.165) is 66.8 Å². The lowest BCUT2D eigenvalue weighted by atomic mass is 9.78. The first kappa shape index (κ1) is 58.4. The molecule has 10 nitrogen and oxygen atoms in total. The lowest BCUT2D eigenvalue weighted by Gasteiger charge is -2.31. The van der Waals surface area contributed by atoms with Crippen LogP contribution in [0.4, 0.5) is 17.8 Å². The molecule has 0 aliphatic heterocycles. The average molecular weight is 999 g/mol. The summed E-state index contributed by atoms with van der Waals surface area (Å²) in [6.07, 6.45) is 0. The van der Waals surface area contributed by atoms with Gasteiger partial charge < -0.3 is 36.0 Å². The molecular weight excluding hydrogens is 905 g/mol. The Bertz CT molecular complexity index is 2480. The van der Waals surface area contributed by atoms with E-state index in [1.54, 1.807) is 0 Å². The number of hydrogen-bond donors (Lipinski definition) is 6. The Morgan fingerprint density at radius 2 is 0.507 bits per heavy atom. The molecule has 0 radical (unpaired) electrons. The van der Waals surface area contributed by atoms with Crippen molar-refractivity contribution in [3.05, 3.63) is 115 Å². The molecule has 0 atom stereocenters. The van der Waals surface area contributed by atoms with Gasteiger partial charge in [-0.3, -0.25) is 0 Å². The Hall–Kier alpha value is -5.51. The number of anilines is 3. The molecule has 0 aliphatic carbocycles. The van der Waals surface area contributed by atoms with Crippen LogP contribution in [0.5, 0.6) is 23.0 Å². The fraction of sp³-hybridized carbons (Fsp3) is 0.571. The number of nitrogens with one attached hydrogen (secondary N) is 2. The fourth-order valence-corrected chi connectivity index (χ4v) is 9.40. The largest absolute Gasteiger partial charge is 0.507 e. The van der Waals surface area contributed by atoms with E-state index in [1.165, 1.54) is 0 Å². The van der Waals surface area contributed by atoms with E-state index < -0.39 is 0 Å². The van der Waals surface area contributed by atoms with Crippen LogP contribution in [0.25, 0.3) is 0 Å². The summed E-state index contributed by atoms with van der Waals surface area (Å²) in [5, 5.41) is 54.1. The number of phenolic OH excluding ortho intramolecular Hbond substituents is 4. The maximum absolute atomic E-state index is 11.9. The number of phenols is 4. The second-order valence-electron chi connectivity index (χ2n) is 29.0. The van der Waals surface area contributed by atoms with Gasteiger partial charge in [-0.1, -0.05) is 166 Å². The summed E-state index contributed by atoms with van der Waals surface area (Å²) in [6, 6.07) is 16.8. The number of aromatic hydroxyl groups is 4. The van der Waals surface area contributed by atoms with E-state index in [9.17, 15) is 20.4 Å². The lowest BCUT2D eigenvalue weighted by molar-refractivity contribution is 0.421. The van der Waals surface area contributed by atoms with Gasteiger partial charge in [0.05, 0.1) is 0 Å². The molecule has 0 bridgehead atoms. The van der Waals surface area contributed by atoms with Gasteiger partial charge in [0.2, 0.25) is 17.8 Å². The number of nitrogens with zero attached hydrogens (tertiary/aromatic N) is 4. The lowest BCUT2D eigenvalue weighted by Crippen LogP contribution is -2.27. The van der Waals surface area contributed by atoms with Crippen LogP contribution in [-0.4, -0.2) is 35.4 Å². The van der Waals surface area contributed by atoms with E-state index >= 15 is 0 Å². The van der Waals surface area contributed by atoms with Crippen LogP contribution in [0.3, 0.4) is 0 Å². The summed E-state index contributed by atoms with van der Waals surface area (Å²) in [5.41, 5.74) is 8.22. The van der Waals surface area contributed by atoms with Crippen LogP contribution in [0, 0.1) is 0 Å². The number of rotatable bonds is 11. The quantitative estimate of drug-likeness (QED) is 0.0756.